The van der Waals surface area contributed by atoms with Gasteiger partial charge in [-0.3, -0.25) is 0 Å². The smallest absolute Gasteiger partial charge is 0.130 e. The molecule has 0 radical (unpaired) electrons. The first-order valence-corrected chi connectivity index (χ1v) is 13.5. The minimum Gasteiger partial charge on any atom is -0.130 e. The topological polar surface area (TPSA) is 0 Å². The largest absolute Gasteiger partial charge is 0.145 e. The van der Waals surface area contributed by atoms with Crippen molar-refractivity contribution in [3.63, 3.8) is 0 Å². The fraction of sp³-hybridized carbons (Fsp3) is 0.417. The normalized spacial score (nSPS) is 11.9. The molecule has 0 saturated heterocycles. The molecule has 0 unspecified atom stereocenters. The summed E-state index contributed by atoms with van der Waals surface area (Å²) in [5.41, 5.74) is 5.98. The molecule has 0 nitrogen and oxygen atoms in total. The van der Waals surface area contributed by atoms with E-state index in [4.69, 9.17) is 0 Å². The van der Waals surface area contributed by atoms with Crippen LogP contribution in [0.25, 0.3) is 0 Å². The molecule has 0 spiro atoms. The highest BCUT2D eigenvalue weighted by Crippen LogP contribution is 2.41. The summed E-state index contributed by atoms with van der Waals surface area (Å²) in [5, 5.41) is 2.85. The van der Waals surface area contributed by atoms with Gasteiger partial charge in [0.2, 0.25) is 0 Å². The predicted octanol–water partition coefficient (Wildman–Crippen LogP) is 6.34. The van der Waals surface area contributed by atoms with Crippen molar-refractivity contribution in [2.75, 3.05) is 6.16 Å². The van der Waals surface area contributed by atoms with E-state index in [1.165, 1.54) is 10.6 Å². The van der Waals surface area contributed by atoms with Crippen LogP contribution in [0.3, 0.4) is 0 Å². The molecule has 0 heterocycles. The summed E-state index contributed by atoms with van der Waals surface area (Å²) in [7, 11) is -2.06. The Labute approximate surface area is 163 Å². The van der Waals surface area contributed by atoms with Gasteiger partial charge in [0.1, 0.15) is 8.07 Å². The highest BCUT2D eigenvalue weighted by molar-refractivity contribution is 7.73. The van der Waals surface area contributed by atoms with Crippen molar-refractivity contribution in [2.45, 2.75) is 58.2 Å². The van der Waals surface area contributed by atoms with Crippen molar-refractivity contribution >= 4 is 26.6 Å². The minimum atomic E-state index is -1.65. The molecule has 0 atom stereocenters. The lowest BCUT2D eigenvalue weighted by Crippen LogP contribution is -2.43. The molecule has 26 heavy (non-hydrogen) atoms. The average molecular weight is 381 g/mol. The van der Waals surface area contributed by atoms with Gasteiger partial charge in [-0.15, -0.1) is 11.5 Å². The van der Waals surface area contributed by atoms with Gasteiger partial charge < -0.3 is 0 Å². The number of benzene rings is 2. The summed E-state index contributed by atoms with van der Waals surface area (Å²) >= 11 is 0. The summed E-state index contributed by atoms with van der Waals surface area (Å²) < 4.78 is 0. The summed E-state index contributed by atoms with van der Waals surface area (Å²) in [4.78, 5) is 0. The molecule has 2 heteroatoms. The van der Waals surface area contributed by atoms with Gasteiger partial charge in [-0.05, 0) is 35.2 Å². The molecule has 0 fully saturated rings. The molecule has 2 aromatic carbocycles. The van der Waals surface area contributed by atoms with Crippen LogP contribution in [0.1, 0.15) is 41.5 Å². The lowest BCUT2D eigenvalue weighted by Gasteiger charge is -2.38. The van der Waals surface area contributed by atoms with Crippen LogP contribution >= 0.6 is 7.92 Å². The molecule has 138 valence electrons. The Kier molecular flexibility index (Phi) is 7.69. The van der Waals surface area contributed by atoms with Crippen LogP contribution < -0.4 is 10.6 Å². The summed E-state index contributed by atoms with van der Waals surface area (Å²) in [6.45, 7) is 14.3. The first-order chi connectivity index (χ1) is 12.4. The van der Waals surface area contributed by atoms with Gasteiger partial charge in [0.25, 0.3) is 0 Å². The molecule has 0 saturated carbocycles. The molecular formula is C24H33PSi. The van der Waals surface area contributed by atoms with E-state index in [2.05, 4.69) is 114 Å². The fourth-order valence-electron chi connectivity index (χ4n) is 4.25. The Morgan fingerprint density at radius 1 is 0.692 bits per heavy atom. The predicted molar refractivity (Wildman–Crippen MR) is 123 cm³/mol. The lowest BCUT2D eigenvalue weighted by atomic mass is 10.4. The Morgan fingerprint density at radius 3 is 1.42 bits per heavy atom. The zero-order chi connectivity index (χ0) is 19.2. The Morgan fingerprint density at radius 2 is 1.08 bits per heavy atom. The van der Waals surface area contributed by atoms with Crippen molar-refractivity contribution < 1.29 is 0 Å². The molecule has 2 aromatic rings. The van der Waals surface area contributed by atoms with Gasteiger partial charge in [-0.2, -0.15) is 0 Å². The Bertz CT molecular complexity index is 662. The molecule has 0 bridgehead atoms. The fourth-order valence-corrected chi connectivity index (χ4v) is 11.6. The summed E-state index contributed by atoms with van der Waals surface area (Å²) in [6, 6.07) is 21.8. The third-order valence-electron chi connectivity index (χ3n) is 5.54. The second-order valence-corrected chi connectivity index (χ2v) is 15.7. The maximum Gasteiger partial charge on any atom is 0.145 e. The van der Waals surface area contributed by atoms with Crippen molar-refractivity contribution in [2.24, 2.45) is 0 Å². The van der Waals surface area contributed by atoms with E-state index < -0.39 is 16.0 Å². The van der Waals surface area contributed by atoms with Crippen molar-refractivity contribution in [1.29, 1.82) is 0 Å². The Balaban J connectivity index is 2.38. The maximum absolute atomic E-state index is 3.91. The summed E-state index contributed by atoms with van der Waals surface area (Å²) in [6.07, 6.45) is 0.963. The van der Waals surface area contributed by atoms with E-state index in [1.54, 1.807) is 0 Å². The summed E-state index contributed by atoms with van der Waals surface area (Å²) in [5.74, 6) is 3.71. The van der Waals surface area contributed by atoms with Gasteiger partial charge in [-0.25, -0.2) is 0 Å². The molecule has 0 N–H and O–H groups in total. The highest BCUT2D eigenvalue weighted by Gasteiger charge is 2.41. The van der Waals surface area contributed by atoms with Crippen molar-refractivity contribution in [3.8, 4) is 11.5 Å². The monoisotopic (exact) mass is 380 g/mol. The average Bonchev–Trinajstić information content (AvgIpc) is 2.62. The van der Waals surface area contributed by atoms with Gasteiger partial charge in [0, 0.05) is 6.16 Å². The zero-order valence-electron chi connectivity index (χ0n) is 17.2. The third kappa shape index (κ3) is 4.67. The van der Waals surface area contributed by atoms with Crippen molar-refractivity contribution in [3.05, 3.63) is 60.7 Å². The molecule has 2 rings (SSSR count). The number of hydrogen-bond donors (Lipinski definition) is 0. The standard InChI is InChI=1S/C24H33PSi/c1-20(2)26(21(3)4,22(5)6)19-13-18-25(23-14-9-7-10-15-23)24-16-11-8-12-17-24/h7-12,14-17,20-22H,18H2,1-6H3. The van der Waals surface area contributed by atoms with Crippen LogP contribution in [-0.4, -0.2) is 14.2 Å². The van der Waals surface area contributed by atoms with Crippen LogP contribution in [0.5, 0.6) is 0 Å². The molecular weight excluding hydrogens is 347 g/mol. The van der Waals surface area contributed by atoms with E-state index in [-0.39, 0.29) is 0 Å². The van der Waals surface area contributed by atoms with E-state index in [0.717, 1.165) is 6.16 Å². The van der Waals surface area contributed by atoms with Crippen molar-refractivity contribution in [1.82, 2.24) is 0 Å². The SMILES string of the molecule is CC(C)[Si](C#CCP(c1ccccc1)c1ccccc1)(C(C)C)C(C)C. The second kappa shape index (κ2) is 9.54. The van der Waals surface area contributed by atoms with Gasteiger partial charge in [0.15, 0.2) is 0 Å². The molecule has 0 amide bonds. The second-order valence-electron chi connectivity index (χ2n) is 7.96. The zero-order valence-corrected chi connectivity index (χ0v) is 19.1. The third-order valence-corrected chi connectivity index (χ3v) is 14.2. The molecule has 0 aliphatic carbocycles. The van der Waals surface area contributed by atoms with Crippen LogP contribution in [0.15, 0.2) is 60.7 Å². The van der Waals surface area contributed by atoms with Crippen LogP contribution in [0.4, 0.5) is 0 Å². The number of rotatable bonds is 6. The van der Waals surface area contributed by atoms with Crippen LogP contribution in [0.2, 0.25) is 16.6 Å². The van der Waals surface area contributed by atoms with Crippen LogP contribution in [0, 0.1) is 11.5 Å². The Hall–Kier alpha value is -1.35. The van der Waals surface area contributed by atoms with Gasteiger partial charge >= 0.3 is 0 Å². The van der Waals surface area contributed by atoms with E-state index in [9.17, 15) is 0 Å². The molecule has 0 aliphatic rings. The highest BCUT2D eigenvalue weighted by atomic mass is 31.1. The van der Waals surface area contributed by atoms with E-state index >= 15 is 0 Å². The molecule has 0 aliphatic heterocycles. The maximum atomic E-state index is 3.91. The molecule has 0 aromatic heterocycles. The van der Waals surface area contributed by atoms with E-state index in [0.29, 0.717) is 16.6 Å². The van der Waals surface area contributed by atoms with E-state index in [1.807, 2.05) is 0 Å². The lowest BCUT2D eigenvalue weighted by molar-refractivity contribution is 0.838. The minimum absolute atomic E-state index is 0.413. The quantitative estimate of drug-likeness (QED) is 0.311. The van der Waals surface area contributed by atoms with Crippen LogP contribution in [-0.2, 0) is 0 Å². The number of hydrogen-bond acceptors (Lipinski definition) is 0. The van der Waals surface area contributed by atoms with Gasteiger partial charge in [0.05, 0.1) is 0 Å². The first kappa shape index (κ1) is 21.0. The first-order valence-electron chi connectivity index (χ1n) is 9.77. The van der Waals surface area contributed by atoms with Gasteiger partial charge in [-0.1, -0.05) is 102 Å².